The number of benzene rings is 2. The van der Waals surface area contributed by atoms with Crippen LogP contribution in [0.2, 0.25) is 0 Å². The van der Waals surface area contributed by atoms with E-state index in [-0.39, 0.29) is 12.3 Å². The Bertz CT molecular complexity index is 695. The zero-order valence-corrected chi connectivity index (χ0v) is 13.3. The van der Waals surface area contributed by atoms with E-state index in [1.807, 2.05) is 19.1 Å². The molecule has 0 spiro atoms. The molecule has 1 fully saturated rings. The highest BCUT2D eigenvalue weighted by Crippen LogP contribution is 2.46. The maximum Gasteiger partial charge on any atom is 0.231 e. The first kappa shape index (κ1) is 14.4. The van der Waals surface area contributed by atoms with E-state index in [0.29, 0.717) is 6.61 Å². The van der Waals surface area contributed by atoms with Gasteiger partial charge in [0.05, 0.1) is 6.61 Å². The quantitative estimate of drug-likeness (QED) is 0.885. The van der Waals surface area contributed by atoms with Crippen LogP contribution in [-0.2, 0) is 12.1 Å². The van der Waals surface area contributed by atoms with Gasteiger partial charge in [-0.2, -0.15) is 0 Å². The van der Waals surface area contributed by atoms with Crippen LogP contribution in [0.15, 0.2) is 42.5 Å². The molecule has 0 bridgehead atoms. The van der Waals surface area contributed by atoms with Crippen molar-refractivity contribution in [1.82, 2.24) is 5.32 Å². The van der Waals surface area contributed by atoms with E-state index in [9.17, 15) is 0 Å². The molecule has 0 amide bonds. The van der Waals surface area contributed by atoms with E-state index in [2.05, 4.69) is 35.6 Å². The van der Waals surface area contributed by atoms with Gasteiger partial charge in [0.2, 0.25) is 6.79 Å². The summed E-state index contributed by atoms with van der Waals surface area (Å²) in [4.78, 5) is 0. The van der Waals surface area contributed by atoms with E-state index in [0.717, 1.165) is 29.4 Å². The van der Waals surface area contributed by atoms with Crippen molar-refractivity contribution in [2.24, 2.45) is 0 Å². The van der Waals surface area contributed by atoms with Gasteiger partial charge in [0, 0.05) is 23.7 Å². The molecule has 1 heterocycles. The van der Waals surface area contributed by atoms with Crippen LogP contribution in [0.1, 0.15) is 30.9 Å². The topological polar surface area (TPSA) is 39.7 Å². The Kier molecular flexibility index (Phi) is 3.62. The normalized spacial score (nSPS) is 17.1. The molecule has 4 heteroatoms. The lowest BCUT2D eigenvalue weighted by atomic mass is 10.0. The third-order valence-corrected chi connectivity index (χ3v) is 4.55. The Balaban J connectivity index is 1.55. The van der Waals surface area contributed by atoms with Crippen molar-refractivity contribution in [2.75, 3.05) is 13.4 Å². The van der Waals surface area contributed by atoms with Crippen molar-refractivity contribution in [2.45, 2.75) is 31.8 Å². The van der Waals surface area contributed by atoms with E-state index >= 15 is 0 Å². The highest BCUT2D eigenvalue weighted by molar-refractivity contribution is 5.52. The average Bonchev–Trinajstić information content (AvgIpc) is 3.25. The van der Waals surface area contributed by atoms with Crippen LogP contribution in [0.3, 0.4) is 0 Å². The first-order valence-corrected chi connectivity index (χ1v) is 8.17. The molecule has 0 atom stereocenters. The maximum absolute atomic E-state index is 5.78. The highest BCUT2D eigenvalue weighted by atomic mass is 16.7. The van der Waals surface area contributed by atoms with Crippen molar-refractivity contribution >= 4 is 0 Å². The number of fused-ring (bicyclic) bond motifs is 1. The van der Waals surface area contributed by atoms with Gasteiger partial charge in [0.25, 0.3) is 0 Å². The second-order valence-corrected chi connectivity index (χ2v) is 6.05. The van der Waals surface area contributed by atoms with Crippen LogP contribution in [0.4, 0.5) is 0 Å². The predicted octanol–water partition coefficient (Wildman–Crippen LogP) is 3.59. The smallest absolute Gasteiger partial charge is 0.231 e. The Labute approximate surface area is 136 Å². The second-order valence-electron chi connectivity index (χ2n) is 6.05. The van der Waals surface area contributed by atoms with Gasteiger partial charge in [-0.1, -0.05) is 30.3 Å². The lowest BCUT2D eigenvalue weighted by molar-refractivity contribution is 0.173. The van der Waals surface area contributed by atoms with Crippen LogP contribution in [0.5, 0.6) is 17.2 Å². The molecule has 1 aliphatic heterocycles. The van der Waals surface area contributed by atoms with Crippen molar-refractivity contribution in [3.63, 3.8) is 0 Å². The van der Waals surface area contributed by atoms with Crippen LogP contribution in [0.25, 0.3) is 0 Å². The number of ether oxygens (including phenoxy) is 3. The summed E-state index contributed by atoms with van der Waals surface area (Å²) in [6, 6.07) is 14.6. The van der Waals surface area contributed by atoms with Crippen molar-refractivity contribution < 1.29 is 14.2 Å². The summed E-state index contributed by atoms with van der Waals surface area (Å²) in [7, 11) is 0. The summed E-state index contributed by atoms with van der Waals surface area (Å²) in [5, 5.41) is 3.72. The molecule has 4 rings (SSSR count). The van der Waals surface area contributed by atoms with Gasteiger partial charge in [0.15, 0.2) is 11.5 Å². The minimum atomic E-state index is 0.112. The fraction of sp³-hybridized carbons (Fsp3) is 0.368. The summed E-state index contributed by atoms with van der Waals surface area (Å²) in [5.74, 6) is 2.43. The number of hydrogen-bond acceptors (Lipinski definition) is 4. The zero-order valence-electron chi connectivity index (χ0n) is 13.3. The minimum absolute atomic E-state index is 0.112. The van der Waals surface area contributed by atoms with Gasteiger partial charge in [-0.3, -0.25) is 0 Å². The molecule has 1 aliphatic carbocycles. The van der Waals surface area contributed by atoms with E-state index in [1.54, 1.807) is 0 Å². The fourth-order valence-electron chi connectivity index (χ4n) is 3.11. The van der Waals surface area contributed by atoms with Crippen LogP contribution >= 0.6 is 0 Å². The Hall–Kier alpha value is -2.20. The predicted molar refractivity (Wildman–Crippen MR) is 87.9 cm³/mol. The first-order chi connectivity index (χ1) is 11.3. The maximum atomic E-state index is 5.78. The lowest BCUT2D eigenvalue weighted by Gasteiger charge is -2.19. The van der Waals surface area contributed by atoms with Gasteiger partial charge < -0.3 is 19.5 Å². The fourth-order valence-corrected chi connectivity index (χ4v) is 3.11. The molecular weight excluding hydrogens is 290 g/mol. The van der Waals surface area contributed by atoms with Crippen LogP contribution in [-0.4, -0.2) is 13.4 Å². The van der Waals surface area contributed by atoms with Crippen molar-refractivity contribution in [3.8, 4) is 17.2 Å². The monoisotopic (exact) mass is 311 g/mol. The number of hydrogen-bond donors (Lipinski definition) is 1. The Morgan fingerprint density at radius 2 is 1.83 bits per heavy atom. The molecule has 1 N–H and O–H groups in total. The Morgan fingerprint density at radius 3 is 2.52 bits per heavy atom. The third-order valence-electron chi connectivity index (χ3n) is 4.55. The average molecular weight is 311 g/mol. The lowest BCUT2D eigenvalue weighted by Crippen LogP contribution is -2.28. The SMILES string of the molecule is CCOc1cc2c(cc1CNC1(c3ccccc3)CC1)OCO2. The van der Waals surface area contributed by atoms with E-state index < -0.39 is 0 Å². The number of rotatable bonds is 6. The minimum Gasteiger partial charge on any atom is -0.493 e. The molecule has 0 saturated heterocycles. The summed E-state index contributed by atoms with van der Waals surface area (Å²) >= 11 is 0. The third kappa shape index (κ3) is 2.75. The van der Waals surface area contributed by atoms with Crippen molar-refractivity contribution in [1.29, 1.82) is 0 Å². The zero-order chi connectivity index (χ0) is 15.7. The molecule has 1 saturated carbocycles. The van der Waals surface area contributed by atoms with E-state index in [4.69, 9.17) is 14.2 Å². The van der Waals surface area contributed by atoms with Gasteiger partial charge in [-0.25, -0.2) is 0 Å². The molecule has 4 nitrogen and oxygen atoms in total. The highest BCUT2D eigenvalue weighted by Gasteiger charge is 2.43. The summed E-state index contributed by atoms with van der Waals surface area (Å²) in [6.45, 7) is 3.66. The molecule has 0 unspecified atom stereocenters. The van der Waals surface area contributed by atoms with Gasteiger partial charge in [-0.15, -0.1) is 0 Å². The molecule has 2 aromatic rings. The van der Waals surface area contributed by atoms with Gasteiger partial charge in [-0.05, 0) is 31.4 Å². The molecule has 23 heavy (non-hydrogen) atoms. The van der Waals surface area contributed by atoms with Crippen LogP contribution < -0.4 is 19.5 Å². The molecule has 0 aromatic heterocycles. The second kappa shape index (κ2) is 5.78. The van der Waals surface area contributed by atoms with Gasteiger partial charge >= 0.3 is 0 Å². The summed E-state index contributed by atoms with van der Waals surface area (Å²) in [5.41, 5.74) is 2.58. The molecule has 2 aromatic carbocycles. The number of nitrogens with one attached hydrogen (secondary N) is 1. The van der Waals surface area contributed by atoms with Crippen molar-refractivity contribution in [3.05, 3.63) is 53.6 Å². The largest absolute Gasteiger partial charge is 0.493 e. The summed E-state index contributed by atoms with van der Waals surface area (Å²) in [6.07, 6.45) is 2.34. The summed E-state index contributed by atoms with van der Waals surface area (Å²) < 4.78 is 16.7. The molecular formula is C19H21NO3. The molecule has 120 valence electrons. The molecule has 0 radical (unpaired) electrons. The Morgan fingerprint density at radius 1 is 1.09 bits per heavy atom. The van der Waals surface area contributed by atoms with E-state index in [1.165, 1.54) is 18.4 Å². The standard InChI is InChI=1S/C19H21NO3/c1-2-21-16-11-18-17(22-13-23-18)10-14(16)12-20-19(8-9-19)15-6-4-3-5-7-15/h3-7,10-11,20H,2,8-9,12-13H2,1H3. The van der Waals surface area contributed by atoms with Gasteiger partial charge in [0.1, 0.15) is 5.75 Å². The van der Waals surface area contributed by atoms with Crippen LogP contribution in [0, 0.1) is 0 Å². The first-order valence-electron chi connectivity index (χ1n) is 8.17. The molecule has 2 aliphatic rings.